The second-order valence-corrected chi connectivity index (χ2v) is 6.71. The Hall–Kier alpha value is -3.15. The normalized spacial score (nSPS) is 13.3. The number of amides is 1. The molecule has 0 unspecified atom stereocenters. The Morgan fingerprint density at radius 2 is 1.89 bits per heavy atom. The van der Waals surface area contributed by atoms with Gasteiger partial charge < -0.3 is 10.2 Å². The van der Waals surface area contributed by atoms with E-state index in [1.165, 1.54) is 17.7 Å². The molecule has 2 heterocycles. The Labute approximate surface area is 158 Å². The Morgan fingerprint density at radius 1 is 1.07 bits per heavy atom. The molecule has 0 saturated carbocycles. The SMILES string of the molecule is O=C(NCCCN1CCCc2ccccc21)c1cn(-c2ccccc2)nn1. The summed E-state index contributed by atoms with van der Waals surface area (Å²) in [6.45, 7) is 2.64. The molecule has 3 aromatic rings. The van der Waals surface area contributed by atoms with Crippen LogP contribution in [0.5, 0.6) is 0 Å². The highest BCUT2D eigenvalue weighted by Gasteiger charge is 2.16. The minimum Gasteiger partial charge on any atom is -0.371 e. The minimum atomic E-state index is -0.184. The summed E-state index contributed by atoms with van der Waals surface area (Å²) in [5.41, 5.74) is 3.97. The second-order valence-electron chi connectivity index (χ2n) is 6.71. The first-order valence-electron chi connectivity index (χ1n) is 9.40. The Bertz CT molecular complexity index is 906. The molecule has 2 aromatic carbocycles. The second kappa shape index (κ2) is 8.03. The summed E-state index contributed by atoms with van der Waals surface area (Å²) in [4.78, 5) is 14.7. The van der Waals surface area contributed by atoms with E-state index in [1.54, 1.807) is 10.9 Å². The average Bonchev–Trinajstić information content (AvgIpc) is 3.22. The Kier molecular flexibility index (Phi) is 5.14. The Balaban J connectivity index is 1.28. The topological polar surface area (TPSA) is 63.1 Å². The zero-order valence-corrected chi connectivity index (χ0v) is 15.2. The van der Waals surface area contributed by atoms with E-state index in [-0.39, 0.29) is 5.91 Å². The number of fused-ring (bicyclic) bond motifs is 1. The summed E-state index contributed by atoms with van der Waals surface area (Å²) >= 11 is 0. The van der Waals surface area contributed by atoms with Gasteiger partial charge in [-0.15, -0.1) is 5.10 Å². The molecule has 1 aliphatic heterocycles. The van der Waals surface area contributed by atoms with Crippen LogP contribution >= 0.6 is 0 Å². The van der Waals surface area contributed by atoms with Crippen molar-refractivity contribution in [1.82, 2.24) is 20.3 Å². The van der Waals surface area contributed by atoms with Gasteiger partial charge in [0.05, 0.1) is 11.9 Å². The van der Waals surface area contributed by atoms with E-state index in [0.29, 0.717) is 12.2 Å². The highest BCUT2D eigenvalue weighted by atomic mass is 16.2. The lowest BCUT2D eigenvalue weighted by molar-refractivity contribution is 0.0948. The number of aryl methyl sites for hydroxylation is 1. The van der Waals surface area contributed by atoms with Gasteiger partial charge in [-0.05, 0) is 43.0 Å². The molecule has 0 spiro atoms. The van der Waals surface area contributed by atoms with Crippen LogP contribution in [0.1, 0.15) is 28.9 Å². The van der Waals surface area contributed by atoms with Crippen LogP contribution in [0.15, 0.2) is 60.8 Å². The van der Waals surface area contributed by atoms with Crippen LogP contribution in [0.2, 0.25) is 0 Å². The third-order valence-electron chi connectivity index (χ3n) is 4.84. The number of nitrogens with one attached hydrogen (secondary N) is 1. The van der Waals surface area contributed by atoms with Crippen LogP contribution in [-0.2, 0) is 6.42 Å². The summed E-state index contributed by atoms with van der Waals surface area (Å²) in [5, 5.41) is 11.0. The predicted octanol–water partition coefficient (Wildman–Crippen LogP) is 2.84. The van der Waals surface area contributed by atoms with Crippen LogP contribution in [0.4, 0.5) is 5.69 Å². The molecule has 4 rings (SSSR count). The van der Waals surface area contributed by atoms with Crippen molar-refractivity contribution in [2.75, 3.05) is 24.5 Å². The van der Waals surface area contributed by atoms with Crippen LogP contribution in [-0.4, -0.2) is 40.5 Å². The quantitative estimate of drug-likeness (QED) is 0.686. The molecule has 1 aromatic heterocycles. The number of rotatable bonds is 6. The summed E-state index contributed by atoms with van der Waals surface area (Å²) < 4.78 is 1.61. The van der Waals surface area contributed by atoms with Gasteiger partial charge in [0.2, 0.25) is 0 Å². The van der Waals surface area contributed by atoms with Crippen molar-refractivity contribution in [2.24, 2.45) is 0 Å². The fourth-order valence-electron chi connectivity index (χ4n) is 3.48. The molecule has 0 bridgehead atoms. The molecule has 0 saturated heterocycles. The smallest absolute Gasteiger partial charge is 0.273 e. The van der Waals surface area contributed by atoms with Gasteiger partial charge in [-0.1, -0.05) is 41.6 Å². The highest BCUT2D eigenvalue weighted by molar-refractivity contribution is 5.91. The lowest BCUT2D eigenvalue weighted by atomic mass is 10.0. The summed E-state index contributed by atoms with van der Waals surface area (Å²) in [7, 11) is 0. The van der Waals surface area contributed by atoms with Gasteiger partial charge in [-0.3, -0.25) is 4.79 Å². The monoisotopic (exact) mass is 361 g/mol. The zero-order chi connectivity index (χ0) is 18.5. The maximum Gasteiger partial charge on any atom is 0.273 e. The lowest BCUT2D eigenvalue weighted by Gasteiger charge is -2.31. The average molecular weight is 361 g/mol. The molecule has 0 fully saturated rings. The van der Waals surface area contributed by atoms with E-state index >= 15 is 0 Å². The van der Waals surface area contributed by atoms with Gasteiger partial charge >= 0.3 is 0 Å². The number of carbonyl (C=O) groups excluding carboxylic acids is 1. The highest BCUT2D eigenvalue weighted by Crippen LogP contribution is 2.26. The third-order valence-corrected chi connectivity index (χ3v) is 4.84. The fraction of sp³-hybridized carbons (Fsp3) is 0.286. The van der Waals surface area contributed by atoms with Crippen LogP contribution in [0.3, 0.4) is 0 Å². The van der Waals surface area contributed by atoms with Crippen molar-refractivity contribution in [2.45, 2.75) is 19.3 Å². The van der Waals surface area contributed by atoms with Crippen molar-refractivity contribution in [3.05, 3.63) is 72.1 Å². The molecule has 0 atom stereocenters. The maximum absolute atomic E-state index is 12.3. The van der Waals surface area contributed by atoms with Crippen molar-refractivity contribution in [3.63, 3.8) is 0 Å². The van der Waals surface area contributed by atoms with E-state index in [1.807, 2.05) is 30.3 Å². The number of nitrogens with zero attached hydrogens (tertiary/aromatic N) is 4. The van der Waals surface area contributed by atoms with E-state index in [9.17, 15) is 4.79 Å². The maximum atomic E-state index is 12.3. The molecule has 0 aliphatic carbocycles. The van der Waals surface area contributed by atoms with Crippen molar-refractivity contribution in [3.8, 4) is 5.69 Å². The molecule has 1 N–H and O–H groups in total. The predicted molar refractivity (Wildman–Crippen MR) is 105 cm³/mol. The van der Waals surface area contributed by atoms with Crippen LogP contribution < -0.4 is 10.2 Å². The Morgan fingerprint density at radius 3 is 2.78 bits per heavy atom. The van der Waals surface area contributed by atoms with Gasteiger partial charge in [-0.2, -0.15) is 0 Å². The number of hydrogen-bond acceptors (Lipinski definition) is 4. The van der Waals surface area contributed by atoms with Crippen molar-refractivity contribution in [1.29, 1.82) is 0 Å². The van der Waals surface area contributed by atoms with Gasteiger partial charge in [0.15, 0.2) is 5.69 Å². The molecule has 6 nitrogen and oxygen atoms in total. The van der Waals surface area contributed by atoms with Crippen molar-refractivity contribution < 1.29 is 4.79 Å². The zero-order valence-electron chi connectivity index (χ0n) is 15.2. The molecule has 0 radical (unpaired) electrons. The fourth-order valence-corrected chi connectivity index (χ4v) is 3.48. The van der Waals surface area contributed by atoms with Crippen LogP contribution in [0, 0.1) is 0 Å². The number of aromatic nitrogens is 3. The summed E-state index contributed by atoms with van der Waals surface area (Å²) in [6, 6.07) is 18.2. The molecular weight excluding hydrogens is 338 g/mol. The van der Waals surface area contributed by atoms with Crippen molar-refractivity contribution >= 4 is 11.6 Å². The number of hydrogen-bond donors (Lipinski definition) is 1. The third kappa shape index (κ3) is 4.00. The molecule has 138 valence electrons. The molecule has 6 heteroatoms. The first-order valence-corrected chi connectivity index (χ1v) is 9.40. The summed E-state index contributed by atoms with van der Waals surface area (Å²) in [6.07, 6.45) is 4.89. The molecule has 1 amide bonds. The first-order chi connectivity index (χ1) is 13.3. The summed E-state index contributed by atoms with van der Waals surface area (Å²) in [5.74, 6) is -0.184. The molecular formula is C21H23N5O. The standard InChI is InChI=1S/C21H23N5O/c27-21(19-16-26(24-23-19)18-10-2-1-3-11-18)22-13-7-15-25-14-6-9-17-8-4-5-12-20(17)25/h1-5,8,10-12,16H,6-7,9,13-15H2,(H,22,27). The largest absolute Gasteiger partial charge is 0.371 e. The number of para-hydroxylation sites is 2. The van der Waals surface area contributed by atoms with Gasteiger partial charge in [-0.25, -0.2) is 4.68 Å². The minimum absolute atomic E-state index is 0.184. The van der Waals surface area contributed by atoms with Gasteiger partial charge in [0.25, 0.3) is 5.91 Å². The van der Waals surface area contributed by atoms with E-state index < -0.39 is 0 Å². The van der Waals surface area contributed by atoms with E-state index in [4.69, 9.17) is 0 Å². The lowest BCUT2D eigenvalue weighted by Crippen LogP contribution is -2.33. The first kappa shape index (κ1) is 17.3. The van der Waals surface area contributed by atoms with Gasteiger partial charge in [0, 0.05) is 25.3 Å². The number of carbonyl (C=O) groups is 1. The van der Waals surface area contributed by atoms with Crippen LogP contribution in [0.25, 0.3) is 5.69 Å². The molecule has 1 aliphatic rings. The molecule has 27 heavy (non-hydrogen) atoms. The van der Waals surface area contributed by atoms with E-state index in [2.05, 4.69) is 44.8 Å². The van der Waals surface area contributed by atoms with E-state index in [0.717, 1.165) is 31.6 Å². The van der Waals surface area contributed by atoms with Gasteiger partial charge in [0.1, 0.15) is 0 Å². The number of anilines is 1. The number of benzene rings is 2.